The highest BCUT2D eigenvalue weighted by Gasteiger charge is 2.13. The third-order valence-corrected chi connectivity index (χ3v) is 3.20. The van der Waals surface area contributed by atoms with Crippen LogP contribution >= 0.6 is 0 Å². The lowest BCUT2D eigenvalue weighted by Gasteiger charge is -2.04. The van der Waals surface area contributed by atoms with Crippen molar-refractivity contribution in [1.29, 1.82) is 0 Å². The van der Waals surface area contributed by atoms with Gasteiger partial charge < -0.3 is 14.5 Å². The maximum absolute atomic E-state index is 11.7. The van der Waals surface area contributed by atoms with Crippen molar-refractivity contribution < 1.29 is 9.53 Å². The van der Waals surface area contributed by atoms with Gasteiger partial charge >= 0.3 is 0 Å². The number of carbonyl (C=O) groups excluding carboxylic acids is 1. The van der Waals surface area contributed by atoms with Gasteiger partial charge in [-0.2, -0.15) is 0 Å². The monoisotopic (exact) mass is 282 g/mol. The number of nitrogens with one attached hydrogen (secondary N) is 1. The molecule has 1 N–H and O–H groups in total. The second-order valence-corrected chi connectivity index (χ2v) is 4.44. The normalized spacial score (nSPS) is 10.6. The Morgan fingerprint density at radius 3 is 2.71 bits per heavy atom. The average molecular weight is 282 g/mol. The van der Waals surface area contributed by atoms with Gasteiger partial charge in [-0.15, -0.1) is 0 Å². The van der Waals surface area contributed by atoms with E-state index in [9.17, 15) is 4.79 Å². The lowest BCUT2D eigenvalue weighted by atomic mass is 10.1. The zero-order chi connectivity index (χ0) is 14.8. The van der Waals surface area contributed by atoms with Gasteiger partial charge in [-0.05, 0) is 24.3 Å². The highest BCUT2D eigenvalue weighted by atomic mass is 16.5. The van der Waals surface area contributed by atoms with Crippen LogP contribution in [0.25, 0.3) is 16.9 Å². The minimum atomic E-state index is -0.223. The summed E-state index contributed by atoms with van der Waals surface area (Å²) in [5, 5.41) is 2.56. The lowest BCUT2D eigenvalue weighted by Crippen LogP contribution is -2.17. The lowest BCUT2D eigenvalue weighted by molar-refractivity contribution is 0.0959. The number of carbonyl (C=O) groups is 1. The summed E-state index contributed by atoms with van der Waals surface area (Å²) in [5.41, 5.74) is 2.63. The van der Waals surface area contributed by atoms with Crippen LogP contribution in [0.2, 0.25) is 0 Å². The first-order chi connectivity index (χ1) is 10.2. The van der Waals surface area contributed by atoms with E-state index in [0.717, 1.165) is 17.0 Å². The molecule has 3 aromatic rings. The predicted octanol–water partition coefficient (Wildman–Crippen LogP) is 1.76. The van der Waals surface area contributed by atoms with Crippen LogP contribution < -0.4 is 10.1 Å². The SMILES string of the molecule is CNC(=O)c1cn2ccnc(-c3ccc(OC)cc3)c2n1. The molecule has 0 aliphatic rings. The molecule has 0 bridgehead atoms. The van der Waals surface area contributed by atoms with Crippen LogP contribution in [0, 0.1) is 0 Å². The molecule has 0 spiro atoms. The first-order valence-corrected chi connectivity index (χ1v) is 6.43. The van der Waals surface area contributed by atoms with Gasteiger partial charge in [0.1, 0.15) is 17.1 Å². The third-order valence-electron chi connectivity index (χ3n) is 3.20. The van der Waals surface area contributed by atoms with E-state index in [0.29, 0.717) is 11.3 Å². The topological polar surface area (TPSA) is 68.5 Å². The maximum atomic E-state index is 11.7. The van der Waals surface area contributed by atoms with Gasteiger partial charge in [-0.1, -0.05) is 0 Å². The van der Waals surface area contributed by atoms with Gasteiger partial charge in [0.05, 0.1) is 7.11 Å². The molecule has 6 nitrogen and oxygen atoms in total. The highest BCUT2D eigenvalue weighted by molar-refractivity contribution is 5.93. The van der Waals surface area contributed by atoms with Crippen LogP contribution in [0.15, 0.2) is 42.9 Å². The van der Waals surface area contributed by atoms with Gasteiger partial charge in [0.25, 0.3) is 5.91 Å². The molecule has 0 fully saturated rings. The Hall–Kier alpha value is -2.89. The van der Waals surface area contributed by atoms with Crippen molar-refractivity contribution in [3.05, 3.63) is 48.5 Å². The summed E-state index contributed by atoms with van der Waals surface area (Å²) in [6.07, 6.45) is 5.13. The first-order valence-electron chi connectivity index (χ1n) is 6.43. The molecular weight excluding hydrogens is 268 g/mol. The highest BCUT2D eigenvalue weighted by Crippen LogP contribution is 2.24. The molecule has 2 aromatic heterocycles. The Labute approximate surface area is 121 Å². The molecule has 0 aliphatic heterocycles. The summed E-state index contributed by atoms with van der Waals surface area (Å²) in [7, 11) is 3.20. The number of fused-ring (bicyclic) bond motifs is 1. The fourth-order valence-electron chi connectivity index (χ4n) is 2.11. The number of imidazole rings is 1. The van der Waals surface area contributed by atoms with Crippen molar-refractivity contribution in [3.63, 3.8) is 0 Å². The summed E-state index contributed by atoms with van der Waals surface area (Å²) < 4.78 is 6.94. The van der Waals surface area contributed by atoms with E-state index in [2.05, 4.69) is 15.3 Å². The van der Waals surface area contributed by atoms with E-state index in [1.165, 1.54) is 0 Å². The van der Waals surface area contributed by atoms with Crippen LogP contribution in [-0.4, -0.2) is 34.4 Å². The van der Waals surface area contributed by atoms with E-state index >= 15 is 0 Å². The average Bonchev–Trinajstić information content (AvgIpc) is 2.98. The van der Waals surface area contributed by atoms with Crippen LogP contribution in [0.4, 0.5) is 0 Å². The Balaban J connectivity index is 2.13. The zero-order valence-corrected chi connectivity index (χ0v) is 11.7. The van der Waals surface area contributed by atoms with Gasteiger partial charge in [0.15, 0.2) is 5.65 Å². The van der Waals surface area contributed by atoms with Gasteiger partial charge in [-0.3, -0.25) is 9.78 Å². The zero-order valence-electron chi connectivity index (χ0n) is 11.7. The maximum Gasteiger partial charge on any atom is 0.271 e. The standard InChI is InChI=1S/C15H14N4O2/c1-16-15(20)12-9-19-8-7-17-13(14(19)18-12)10-3-5-11(21-2)6-4-10/h3-9H,1-2H3,(H,16,20). The number of ether oxygens (including phenoxy) is 1. The van der Waals surface area contributed by atoms with E-state index in [-0.39, 0.29) is 5.91 Å². The van der Waals surface area contributed by atoms with Gasteiger partial charge in [0, 0.05) is 31.2 Å². The first kappa shape index (κ1) is 13.1. The molecule has 6 heteroatoms. The molecular formula is C15H14N4O2. The molecule has 0 unspecified atom stereocenters. The predicted molar refractivity (Wildman–Crippen MR) is 78.4 cm³/mol. The Bertz CT molecular complexity index is 793. The minimum Gasteiger partial charge on any atom is -0.497 e. The number of amides is 1. The number of nitrogens with zero attached hydrogens (tertiary/aromatic N) is 3. The van der Waals surface area contributed by atoms with Gasteiger partial charge in [0.2, 0.25) is 0 Å². The molecule has 21 heavy (non-hydrogen) atoms. The quantitative estimate of drug-likeness (QED) is 0.795. The molecule has 2 heterocycles. The van der Waals surface area contributed by atoms with Crippen molar-refractivity contribution >= 4 is 11.6 Å². The molecule has 3 rings (SSSR count). The summed E-state index contributed by atoms with van der Waals surface area (Å²) in [6, 6.07) is 7.55. The summed E-state index contributed by atoms with van der Waals surface area (Å²) >= 11 is 0. The summed E-state index contributed by atoms with van der Waals surface area (Å²) in [5.74, 6) is 0.555. The van der Waals surface area contributed by atoms with Crippen LogP contribution in [0.3, 0.4) is 0 Å². The smallest absolute Gasteiger partial charge is 0.271 e. The molecule has 0 saturated carbocycles. The van der Waals surface area contributed by atoms with E-state index in [4.69, 9.17) is 4.74 Å². The molecule has 0 saturated heterocycles. The van der Waals surface area contributed by atoms with Gasteiger partial charge in [-0.25, -0.2) is 4.98 Å². The fraction of sp³-hybridized carbons (Fsp3) is 0.133. The Kier molecular flexibility index (Phi) is 3.27. The molecule has 1 amide bonds. The van der Waals surface area contributed by atoms with Crippen LogP contribution in [0.5, 0.6) is 5.75 Å². The van der Waals surface area contributed by atoms with Crippen molar-refractivity contribution in [2.45, 2.75) is 0 Å². The number of benzene rings is 1. The fourth-order valence-corrected chi connectivity index (χ4v) is 2.11. The molecule has 0 radical (unpaired) electrons. The van der Waals surface area contributed by atoms with Crippen molar-refractivity contribution in [2.75, 3.05) is 14.2 Å². The molecule has 106 valence electrons. The second kappa shape index (κ2) is 5.24. The van der Waals surface area contributed by atoms with Crippen molar-refractivity contribution in [2.24, 2.45) is 0 Å². The molecule has 0 atom stereocenters. The Morgan fingerprint density at radius 1 is 1.29 bits per heavy atom. The van der Waals surface area contributed by atoms with Crippen LogP contribution in [0.1, 0.15) is 10.5 Å². The number of methoxy groups -OCH3 is 1. The largest absolute Gasteiger partial charge is 0.497 e. The molecule has 1 aromatic carbocycles. The number of rotatable bonds is 3. The van der Waals surface area contributed by atoms with E-state index in [1.54, 1.807) is 37.1 Å². The Morgan fingerprint density at radius 2 is 2.05 bits per heavy atom. The van der Waals surface area contributed by atoms with Crippen molar-refractivity contribution in [3.8, 4) is 17.0 Å². The minimum absolute atomic E-state index is 0.223. The number of hydrogen-bond acceptors (Lipinski definition) is 4. The van der Waals surface area contributed by atoms with Crippen molar-refractivity contribution in [1.82, 2.24) is 19.7 Å². The third kappa shape index (κ3) is 2.31. The molecule has 0 aliphatic carbocycles. The van der Waals surface area contributed by atoms with Crippen LogP contribution in [-0.2, 0) is 0 Å². The second-order valence-electron chi connectivity index (χ2n) is 4.44. The summed E-state index contributed by atoms with van der Waals surface area (Å²) in [6.45, 7) is 0. The van der Waals surface area contributed by atoms with E-state index in [1.807, 2.05) is 24.3 Å². The summed E-state index contributed by atoms with van der Waals surface area (Å²) in [4.78, 5) is 20.4. The number of aromatic nitrogens is 3. The van der Waals surface area contributed by atoms with E-state index < -0.39 is 0 Å². The number of hydrogen-bond donors (Lipinski definition) is 1.